The van der Waals surface area contributed by atoms with Crippen molar-refractivity contribution in [1.82, 2.24) is 14.8 Å². The zero-order chi connectivity index (χ0) is 20.4. The molecule has 0 saturated carbocycles. The molecule has 0 atom stereocenters. The minimum atomic E-state index is -0.334. The molecule has 0 spiro atoms. The average Bonchev–Trinajstić information content (AvgIpc) is 3.15. The van der Waals surface area contributed by atoms with E-state index in [4.69, 9.17) is 0 Å². The van der Waals surface area contributed by atoms with E-state index in [0.717, 1.165) is 33.6 Å². The molecule has 3 aromatic carbocycles. The number of para-hydroxylation sites is 1. The van der Waals surface area contributed by atoms with Gasteiger partial charge in [0.2, 0.25) is 5.82 Å². The summed E-state index contributed by atoms with van der Waals surface area (Å²) in [6, 6.07) is 23.7. The second-order valence-electron chi connectivity index (χ2n) is 7.15. The van der Waals surface area contributed by atoms with Crippen LogP contribution >= 0.6 is 0 Å². The number of nitrogens with zero attached hydrogens (tertiary/aromatic N) is 3. The summed E-state index contributed by atoms with van der Waals surface area (Å²) in [5.74, 6) is 0.431. The molecule has 1 N–H and O–H groups in total. The molecular weight excluding hydrogens is 360 g/mol. The van der Waals surface area contributed by atoms with Crippen molar-refractivity contribution in [3.05, 3.63) is 95.3 Å². The normalized spacial score (nSPS) is 10.7. The number of anilines is 1. The smallest absolute Gasteiger partial charge is 0.295 e. The van der Waals surface area contributed by atoms with E-state index in [0.29, 0.717) is 5.82 Å². The van der Waals surface area contributed by atoms with Crippen molar-refractivity contribution >= 4 is 11.6 Å². The van der Waals surface area contributed by atoms with Crippen molar-refractivity contribution in [2.24, 2.45) is 0 Å². The number of aryl methyl sites for hydroxylation is 3. The molecule has 4 rings (SSSR count). The number of hydrogen-bond donors (Lipinski definition) is 1. The molecule has 1 aromatic heterocycles. The van der Waals surface area contributed by atoms with Gasteiger partial charge in [-0.2, -0.15) is 0 Å². The predicted octanol–water partition coefficient (Wildman–Crippen LogP) is 5.11. The standard InChI is InChI=1S/C24H22N4O/c1-16-8-6-11-19(14-16)23-26-22(24(29)25-21-13-5-4-10-18(21)3)27-28(23)20-12-7-9-17(2)15-20/h4-15H,1-3H3,(H,25,29). The molecule has 5 nitrogen and oxygen atoms in total. The van der Waals surface area contributed by atoms with Crippen LogP contribution in [0.2, 0.25) is 0 Å². The Morgan fingerprint density at radius 1 is 0.862 bits per heavy atom. The van der Waals surface area contributed by atoms with Crippen molar-refractivity contribution in [1.29, 1.82) is 0 Å². The van der Waals surface area contributed by atoms with Crippen LogP contribution in [0.1, 0.15) is 27.3 Å². The van der Waals surface area contributed by atoms with E-state index in [2.05, 4.69) is 15.4 Å². The zero-order valence-corrected chi connectivity index (χ0v) is 16.7. The first-order valence-corrected chi connectivity index (χ1v) is 9.49. The minimum absolute atomic E-state index is 0.131. The average molecular weight is 382 g/mol. The van der Waals surface area contributed by atoms with Crippen LogP contribution in [0.4, 0.5) is 5.69 Å². The Kier molecular flexibility index (Phi) is 4.96. The SMILES string of the molecule is Cc1cccc(-c2nc(C(=O)Nc3ccccc3C)nn2-c2cccc(C)c2)c1. The van der Waals surface area contributed by atoms with Gasteiger partial charge in [-0.3, -0.25) is 4.79 Å². The fourth-order valence-electron chi connectivity index (χ4n) is 3.21. The lowest BCUT2D eigenvalue weighted by Gasteiger charge is -2.07. The van der Waals surface area contributed by atoms with Crippen LogP contribution in [0.3, 0.4) is 0 Å². The zero-order valence-electron chi connectivity index (χ0n) is 16.7. The molecule has 1 heterocycles. The lowest BCUT2D eigenvalue weighted by Crippen LogP contribution is -2.15. The molecule has 0 bridgehead atoms. The van der Waals surface area contributed by atoms with E-state index in [9.17, 15) is 4.79 Å². The first-order chi connectivity index (χ1) is 14.0. The molecule has 0 unspecified atom stereocenters. The van der Waals surface area contributed by atoms with Crippen LogP contribution < -0.4 is 5.32 Å². The summed E-state index contributed by atoms with van der Waals surface area (Å²) in [4.78, 5) is 17.5. The second kappa shape index (κ2) is 7.72. The Hall–Kier alpha value is -3.73. The van der Waals surface area contributed by atoms with E-state index < -0.39 is 0 Å². The van der Waals surface area contributed by atoms with Gasteiger partial charge in [0.1, 0.15) is 0 Å². The van der Waals surface area contributed by atoms with Crippen LogP contribution in [0, 0.1) is 20.8 Å². The van der Waals surface area contributed by atoms with Gasteiger partial charge in [0, 0.05) is 11.3 Å². The van der Waals surface area contributed by atoms with Crippen LogP contribution in [-0.4, -0.2) is 20.7 Å². The van der Waals surface area contributed by atoms with E-state index in [-0.39, 0.29) is 11.7 Å². The molecule has 4 aromatic rings. The van der Waals surface area contributed by atoms with Gasteiger partial charge in [-0.05, 0) is 56.2 Å². The van der Waals surface area contributed by atoms with E-state index in [1.807, 2.05) is 93.6 Å². The van der Waals surface area contributed by atoms with Gasteiger partial charge in [-0.25, -0.2) is 9.67 Å². The summed E-state index contributed by atoms with van der Waals surface area (Å²) >= 11 is 0. The fraction of sp³-hybridized carbons (Fsp3) is 0.125. The monoisotopic (exact) mass is 382 g/mol. The highest BCUT2D eigenvalue weighted by Gasteiger charge is 2.19. The van der Waals surface area contributed by atoms with Crippen LogP contribution in [-0.2, 0) is 0 Å². The van der Waals surface area contributed by atoms with Crippen LogP contribution in [0.25, 0.3) is 17.1 Å². The maximum absolute atomic E-state index is 12.9. The van der Waals surface area contributed by atoms with Crippen molar-refractivity contribution in [3.8, 4) is 17.1 Å². The highest BCUT2D eigenvalue weighted by atomic mass is 16.2. The summed E-state index contributed by atoms with van der Waals surface area (Å²) in [5.41, 5.74) is 5.74. The summed E-state index contributed by atoms with van der Waals surface area (Å²) in [6.07, 6.45) is 0. The summed E-state index contributed by atoms with van der Waals surface area (Å²) in [6.45, 7) is 6.01. The number of carbonyl (C=O) groups excluding carboxylic acids is 1. The molecule has 0 aliphatic heterocycles. The summed E-state index contributed by atoms with van der Waals surface area (Å²) in [7, 11) is 0. The van der Waals surface area contributed by atoms with E-state index >= 15 is 0 Å². The molecular formula is C24H22N4O. The van der Waals surface area contributed by atoms with E-state index in [1.165, 1.54) is 0 Å². The molecule has 1 amide bonds. The van der Waals surface area contributed by atoms with Gasteiger partial charge >= 0.3 is 0 Å². The number of rotatable bonds is 4. The van der Waals surface area contributed by atoms with Crippen LogP contribution in [0.5, 0.6) is 0 Å². The molecule has 29 heavy (non-hydrogen) atoms. The summed E-state index contributed by atoms with van der Waals surface area (Å²) in [5, 5.41) is 7.46. The number of hydrogen-bond acceptors (Lipinski definition) is 3. The number of aromatic nitrogens is 3. The third-order valence-corrected chi connectivity index (χ3v) is 4.73. The summed E-state index contributed by atoms with van der Waals surface area (Å²) < 4.78 is 1.73. The number of amides is 1. The molecule has 5 heteroatoms. The number of nitrogens with one attached hydrogen (secondary N) is 1. The Bertz CT molecular complexity index is 1130. The minimum Gasteiger partial charge on any atom is -0.319 e. The quantitative estimate of drug-likeness (QED) is 0.533. The molecule has 0 aliphatic rings. The van der Waals surface area contributed by atoms with Gasteiger partial charge in [0.15, 0.2) is 5.82 Å². The lowest BCUT2D eigenvalue weighted by molar-refractivity contribution is 0.101. The van der Waals surface area contributed by atoms with Crippen molar-refractivity contribution < 1.29 is 4.79 Å². The van der Waals surface area contributed by atoms with Crippen molar-refractivity contribution in [3.63, 3.8) is 0 Å². The largest absolute Gasteiger partial charge is 0.319 e. The maximum atomic E-state index is 12.9. The lowest BCUT2D eigenvalue weighted by atomic mass is 10.1. The first kappa shape index (κ1) is 18.6. The number of benzene rings is 3. The maximum Gasteiger partial charge on any atom is 0.295 e. The predicted molar refractivity (Wildman–Crippen MR) is 115 cm³/mol. The highest BCUT2D eigenvalue weighted by molar-refractivity contribution is 6.02. The van der Waals surface area contributed by atoms with Gasteiger partial charge < -0.3 is 5.32 Å². The third kappa shape index (κ3) is 3.94. The molecule has 0 radical (unpaired) electrons. The second-order valence-corrected chi connectivity index (χ2v) is 7.15. The topological polar surface area (TPSA) is 59.8 Å². The van der Waals surface area contributed by atoms with Crippen LogP contribution in [0.15, 0.2) is 72.8 Å². The van der Waals surface area contributed by atoms with Crippen molar-refractivity contribution in [2.45, 2.75) is 20.8 Å². The molecule has 144 valence electrons. The fourth-order valence-corrected chi connectivity index (χ4v) is 3.21. The third-order valence-electron chi connectivity index (χ3n) is 4.73. The first-order valence-electron chi connectivity index (χ1n) is 9.49. The van der Waals surface area contributed by atoms with Gasteiger partial charge in [-0.15, -0.1) is 5.10 Å². The Morgan fingerprint density at radius 2 is 1.59 bits per heavy atom. The highest BCUT2D eigenvalue weighted by Crippen LogP contribution is 2.23. The van der Waals surface area contributed by atoms with Crippen molar-refractivity contribution in [2.75, 3.05) is 5.32 Å². The Balaban J connectivity index is 1.79. The molecule has 0 aliphatic carbocycles. The van der Waals surface area contributed by atoms with E-state index in [1.54, 1.807) is 4.68 Å². The Labute approximate surface area is 170 Å². The Morgan fingerprint density at radius 3 is 2.31 bits per heavy atom. The molecule has 0 saturated heterocycles. The number of carbonyl (C=O) groups is 1. The van der Waals surface area contributed by atoms with Gasteiger partial charge in [0.05, 0.1) is 5.69 Å². The van der Waals surface area contributed by atoms with Gasteiger partial charge in [0.25, 0.3) is 5.91 Å². The molecule has 0 fully saturated rings. The van der Waals surface area contributed by atoms with Gasteiger partial charge in [-0.1, -0.05) is 54.1 Å².